The standard InChI is InChI=1S/C24H33N3O6/c25-24(31)33-21(14-17-6-2-1-3-7-17)23(30)26-19(16-28)10-11-22(29)27-12-13-32-20-9-5-4-8-18(20)15-27/h4-5,8-9,16-17,19,21H,1-3,6-7,10-15H2,(H2,25,31)(H,26,30). The number of carbonyl (C=O) groups excluding carboxylic acids is 4. The maximum absolute atomic E-state index is 12.8. The van der Waals surface area contributed by atoms with Crippen LogP contribution in [0, 0.1) is 5.92 Å². The summed E-state index contributed by atoms with van der Waals surface area (Å²) in [5.41, 5.74) is 6.08. The average molecular weight is 460 g/mol. The summed E-state index contributed by atoms with van der Waals surface area (Å²) in [6.07, 6.45) is 4.45. The maximum Gasteiger partial charge on any atom is 0.405 e. The van der Waals surface area contributed by atoms with Crippen molar-refractivity contribution in [3.8, 4) is 5.75 Å². The number of rotatable bonds is 9. The van der Waals surface area contributed by atoms with E-state index in [1.165, 1.54) is 6.42 Å². The molecule has 1 fully saturated rings. The molecule has 1 aromatic carbocycles. The minimum Gasteiger partial charge on any atom is -0.491 e. The van der Waals surface area contributed by atoms with Gasteiger partial charge in [-0.05, 0) is 24.8 Å². The Labute approximate surface area is 194 Å². The quantitative estimate of drug-likeness (QED) is 0.546. The number of ether oxygens (including phenoxy) is 2. The van der Waals surface area contributed by atoms with E-state index in [1.54, 1.807) is 4.90 Å². The minimum atomic E-state index is -1.04. The number of aldehydes is 1. The summed E-state index contributed by atoms with van der Waals surface area (Å²) in [7, 11) is 0. The van der Waals surface area contributed by atoms with Crippen molar-refractivity contribution in [3.05, 3.63) is 29.8 Å². The molecule has 3 N–H and O–H groups in total. The molecule has 0 aromatic heterocycles. The molecule has 0 bridgehead atoms. The molecular weight excluding hydrogens is 426 g/mol. The summed E-state index contributed by atoms with van der Waals surface area (Å²) in [6, 6.07) is 6.71. The number of carbonyl (C=O) groups is 4. The zero-order valence-corrected chi connectivity index (χ0v) is 18.9. The van der Waals surface area contributed by atoms with E-state index in [0.717, 1.165) is 37.0 Å². The third kappa shape index (κ3) is 7.47. The van der Waals surface area contributed by atoms with Gasteiger partial charge in [-0.15, -0.1) is 0 Å². The molecule has 33 heavy (non-hydrogen) atoms. The van der Waals surface area contributed by atoms with Gasteiger partial charge in [0.1, 0.15) is 18.6 Å². The van der Waals surface area contributed by atoms with Crippen LogP contribution in [-0.2, 0) is 25.7 Å². The van der Waals surface area contributed by atoms with Crippen LogP contribution in [0.3, 0.4) is 0 Å². The molecule has 1 heterocycles. The fourth-order valence-electron chi connectivity index (χ4n) is 4.50. The summed E-state index contributed by atoms with van der Waals surface area (Å²) in [5.74, 6) is 0.368. The predicted octanol–water partition coefficient (Wildman–Crippen LogP) is 2.31. The van der Waals surface area contributed by atoms with Crippen LogP contribution in [0.25, 0.3) is 0 Å². The average Bonchev–Trinajstić information content (AvgIpc) is 3.04. The van der Waals surface area contributed by atoms with Crippen LogP contribution >= 0.6 is 0 Å². The molecule has 3 amide bonds. The van der Waals surface area contributed by atoms with Crippen LogP contribution in [0.4, 0.5) is 4.79 Å². The highest BCUT2D eigenvalue weighted by Gasteiger charge is 2.29. The second-order valence-corrected chi connectivity index (χ2v) is 8.73. The monoisotopic (exact) mass is 459 g/mol. The second-order valence-electron chi connectivity index (χ2n) is 8.73. The Kier molecular flexibility index (Phi) is 9.09. The zero-order valence-electron chi connectivity index (χ0n) is 18.9. The predicted molar refractivity (Wildman–Crippen MR) is 120 cm³/mol. The summed E-state index contributed by atoms with van der Waals surface area (Å²) >= 11 is 0. The molecule has 0 radical (unpaired) electrons. The number of hydrogen-bond donors (Lipinski definition) is 2. The van der Waals surface area contributed by atoms with Gasteiger partial charge in [0.15, 0.2) is 6.10 Å². The van der Waals surface area contributed by atoms with E-state index < -0.39 is 24.1 Å². The summed E-state index contributed by atoms with van der Waals surface area (Å²) in [5, 5.41) is 2.61. The topological polar surface area (TPSA) is 128 Å². The van der Waals surface area contributed by atoms with Crippen molar-refractivity contribution in [2.45, 2.75) is 70.1 Å². The summed E-state index contributed by atoms with van der Waals surface area (Å²) in [4.78, 5) is 50.1. The van der Waals surface area contributed by atoms with E-state index in [0.29, 0.717) is 32.4 Å². The number of amides is 3. The lowest BCUT2D eigenvalue weighted by Gasteiger charge is -2.26. The van der Waals surface area contributed by atoms with Crippen molar-refractivity contribution < 1.29 is 28.7 Å². The number of nitrogens with one attached hydrogen (secondary N) is 1. The molecule has 2 unspecified atom stereocenters. The fraction of sp³-hybridized carbons (Fsp3) is 0.583. The summed E-state index contributed by atoms with van der Waals surface area (Å²) < 4.78 is 10.7. The molecule has 1 aliphatic heterocycles. The van der Waals surface area contributed by atoms with E-state index in [2.05, 4.69) is 5.32 Å². The van der Waals surface area contributed by atoms with Crippen LogP contribution in [-0.4, -0.2) is 54.4 Å². The molecule has 9 nitrogen and oxygen atoms in total. The van der Waals surface area contributed by atoms with Crippen LogP contribution in [0.5, 0.6) is 5.75 Å². The molecule has 2 aliphatic rings. The van der Waals surface area contributed by atoms with Crippen molar-refractivity contribution in [2.75, 3.05) is 13.2 Å². The van der Waals surface area contributed by atoms with Crippen LogP contribution in [0.1, 0.15) is 56.9 Å². The first kappa shape index (κ1) is 24.5. The van der Waals surface area contributed by atoms with Gasteiger partial charge in [0.2, 0.25) is 5.91 Å². The number of para-hydroxylation sites is 1. The highest BCUT2D eigenvalue weighted by Crippen LogP contribution is 2.28. The van der Waals surface area contributed by atoms with Gasteiger partial charge < -0.3 is 30.2 Å². The van der Waals surface area contributed by atoms with Crippen molar-refractivity contribution >= 4 is 24.2 Å². The Morgan fingerprint density at radius 1 is 1.21 bits per heavy atom. The Morgan fingerprint density at radius 2 is 1.97 bits per heavy atom. The Hall–Kier alpha value is -3.10. The van der Waals surface area contributed by atoms with Gasteiger partial charge in [-0.3, -0.25) is 9.59 Å². The first-order chi connectivity index (χ1) is 16.0. The number of benzene rings is 1. The molecule has 1 aromatic rings. The van der Waals surface area contributed by atoms with E-state index in [-0.39, 0.29) is 24.7 Å². The molecule has 1 saturated carbocycles. The fourth-order valence-corrected chi connectivity index (χ4v) is 4.50. The van der Waals surface area contributed by atoms with Gasteiger partial charge in [-0.1, -0.05) is 50.3 Å². The molecule has 2 atom stereocenters. The summed E-state index contributed by atoms with van der Waals surface area (Å²) in [6.45, 7) is 1.27. The first-order valence-electron chi connectivity index (χ1n) is 11.7. The van der Waals surface area contributed by atoms with Crippen molar-refractivity contribution in [3.63, 3.8) is 0 Å². The lowest BCUT2D eigenvalue weighted by atomic mass is 9.85. The van der Waals surface area contributed by atoms with Gasteiger partial charge in [0.05, 0.1) is 12.6 Å². The molecule has 0 saturated heterocycles. The largest absolute Gasteiger partial charge is 0.491 e. The van der Waals surface area contributed by atoms with Crippen molar-refractivity contribution in [1.29, 1.82) is 0 Å². The normalized spacial score (nSPS) is 18.1. The van der Waals surface area contributed by atoms with Gasteiger partial charge in [-0.25, -0.2) is 4.79 Å². The van der Waals surface area contributed by atoms with E-state index in [1.807, 2.05) is 24.3 Å². The number of nitrogens with zero attached hydrogens (tertiary/aromatic N) is 1. The van der Waals surface area contributed by atoms with Crippen molar-refractivity contribution in [1.82, 2.24) is 10.2 Å². The number of hydrogen-bond acceptors (Lipinski definition) is 6. The number of primary amides is 1. The Balaban J connectivity index is 1.52. The Bertz CT molecular complexity index is 839. The number of fused-ring (bicyclic) bond motifs is 1. The molecular formula is C24H33N3O6. The highest BCUT2D eigenvalue weighted by atomic mass is 16.6. The van der Waals surface area contributed by atoms with E-state index in [9.17, 15) is 19.2 Å². The van der Waals surface area contributed by atoms with E-state index >= 15 is 0 Å². The molecule has 3 rings (SSSR count). The third-order valence-electron chi connectivity index (χ3n) is 6.29. The molecule has 180 valence electrons. The lowest BCUT2D eigenvalue weighted by Crippen LogP contribution is -2.46. The van der Waals surface area contributed by atoms with Gasteiger partial charge in [-0.2, -0.15) is 0 Å². The zero-order chi connectivity index (χ0) is 23.6. The van der Waals surface area contributed by atoms with Gasteiger partial charge in [0, 0.05) is 18.5 Å². The highest BCUT2D eigenvalue weighted by molar-refractivity contribution is 5.85. The van der Waals surface area contributed by atoms with Crippen LogP contribution in [0.2, 0.25) is 0 Å². The SMILES string of the molecule is NC(=O)OC(CC1CCCCC1)C(=O)NC(C=O)CCC(=O)N1CCOc2ccccc2C1. The number of nitrogens with two attached hydrogens (primary N) is 1. The lowest BCUT2D eigenvalue weighted by molar-refractivity contribution is -0.134. The molecule has 0 spiro atoms. The van der Waals surface area contributed by atoms with Crippen molar-refractivity contribution in [2.24, 2.45) is 11.7 Å². The van der Waals surface area contributed by atoms with Gasteiger partial charge >= 0.3 is 6.09 Å². The minimum absolute atomic E-state index is 0.0931. The first-order valence-corrected chi connectivity index (χ1v) is 11.7. The molecule has 9 heteroatoms. The smallest absolute Gasteiger partial charge is 0.405 e. The van der Waals surface area contributed by atoms with Crippen LogP contribution in [0.15, 0.2) is 24.3 Å². The van der Waals surface area contributed by atoms with Gasteiger partial charge in [0.25, 0.3) is 5.91 Å². The maximum atomic E-state index is 12.8. The second kappa shape index (κ2) is 12.2. The van der Waals surface area contributed by atoms with Crippen LogP contribution < -0.4 is 15.8 Å². The third-order valence-corrected chi connectivity index (χ3v) is 6.29. The molecule has 1 aliphatic carbocycles. The Morgan fingerprint density at radius 3 is 2.70 bits per heavy atom. The van der Waals surface area contributed by atoms with E-state index in [4.69, 9.17) is 15.2 Å².